The van der Waals surface area contributed by atoms with Crippen molar-refractivity contribution < 1.29 is 28.7 Å². The minimum Gasteiger partial charge on any atom is -0.492 e. The molecule has 2 aromatic rings. The number of carbonyl (C=O) groups is 1. The van der Waals surface area contributed by atoms with Crippen molar-refractivity contribution in [2.45, 2.75) is 18.9 Å². The number of methoxy groups -OCH3 is 1. The lowest BCUT2D eigenvalue weighted by Crippen LogP contribution is -2.31. The lowest BCUT2D eigenvalue weighted by atomic mass is 10.1. The molecule has 4 rings (SSSR count). The van der Waals surface area contributed by atoms with Crippen LogP contribution in [-0.2, 0) is 9.68 Å². The summed E-state index contributed by atoms with van der Waals surface area (Å²) in [5.74, 6) is -2.32. The number of fused-ring (bicyclic) bond motifs is 1. The Balaban J connectivity index is 1.93. The van der Waals surface area contributed by atoms with Crippen molar-refractivity contribution in [2.24, 2.45) is 22.0 Å². The average molecular weight is 461 g/mol. The molecule has 33 heavy (non-hydrogen) atoms. The zero-order chi connectivity index (χ0) is 23.9. The summed E-state index contributed by atoms with van der Waals surface area (Å²) in [6.45, 7) is 0.374. The van der Waals surface area contributed by atoms with Gasteiger partial charge in [-0.1, -0.05) is 10.3 Å². The van der Waals surface area contributed by atoms with E-state index in [0.717, 1.165) is 18.9 Å². The molecule has 1 atom stereocenters. The lowest BCUT2D eigenvalue weighted by Gasteiger charge is -2.24. The van der Waals surface area contributed by atoms with Crippen LogP contribution in [0.15, 0.2) is 27.4 Å². The van der Waals surface area contributed by atoms with E-state index in [2.05, 4.69) is 10.3 Å². The Morgan fingerprint density at radius 3 is 2.58 bits per heavy atom. The third kappa shape index (κ3) is 3.81. The molecule has 2 fully saturated rings. The van der Waals surface area contributed by atoms with Crippen molar-refractivity contribution in [3.63, 3.8) is 0 Å². The van der Waals surface area contributed by atoms with Gasteiger partial charge in [0.15, 0.2) is 11.6 Å². The summed E-state index contributed by atoms with van der Waals surface area (Å²) in [7, 11) is 4.13. The Hall–Kier alpha value is -3.83. The van der Waals surface area contributed by atoms with Crippen molar-refractivity contribution in [2.75, 3.05) is 39.3 Å². The van der Waals surface area contributed by atoms with Crippen molar-refractivity contribution >= 4 is 34.1 Å². The molecule has 1 saturated heterocycles. The fraction of sp³-hybridized carbons (Fsp3) is 0.429. The van der Waals surface area contributed by atoms with E-state index in [0.29, 0.717) is 11.2 Å². The minimum atomic E-state index is -1.37. The summed E-state index contributed by atoms with van der Waals surface area (Å²) < 4.78 is 22.8. The predicted octanol–water partition coefficient (Wildman–Crippen LogP) is 1.54. The highest BCUT2D eigenvalue weighted by molar-refractivity contribution is 6.10. The minimum absolute atomic E-state index is 0.000154. The Labute approximate surface area is 187 Å². The van der Waals surface area contributed by atoms with E-state index in [4.69, 9.17) is 20.1 Å². The van der Waals surface area contributed by atoms with Crippen LogP contribution in [0.25, 0.3) is 10.9 Å². The first-order chi connectivity index (χ1) is 15.8. The number of nitrogens with zero attached hydrogens (tertiary/aromatic N) is 4. The number of amidine groups is 1. The maximum Gasteiger partial charge on any atom is 0.341 e. The number of ether oxygens (including phenoxy) is 1. The number of hydrogen-bond acceptors (Lipinski definition) is 8. The number of halogens is 1. The Morgan fingerprint density at radius 2 is 2.00 bits per heavy atom. The molecule has 11 nitrogen and oxygen atoms in total. The molecule has 2 aliphatic rings. The Morgan fingerprint density at radius 1 is 1.27 bits per heavy atom. The SMILES string of the molecule is CO/N=C1\CN(c2c(F)cc3c(=O)c(C(=O)O)cn(C4CC4)c3c2OC)CC1/C(N)=N\OC. The van der Waals surface area contributed by atoms with Gasteiger partial charge in [0.25, 0.3) is 0 Å². The molecule has 0 bridgehead atoms. The van der Waals surface area contributed by atoms with Crippen LogP contribution >= 0.6 is 0 Å². The van der Waals surface area contributed by atoms with Gasteiger partial charge in [-0.05, 0) is 18.9 Å². The summed E-state index contributed by atoms with van der Waals surface area (Å²) in [4.78, 5) is 35.8. The van der Waals surface area contributed by atoms with Gasteiger partial charge in [0.2, 0.25) is 5.43 Å². The van der Waals surface area contributed by atoms with E-state index in [1.165, 1.54) is 27.5 Å². The summed E-state index contributed by atoms with van der Waals surface area (Å²) in [5, 5.41) is 17.2. The number of carboxylic acids is 1. The van der Waals surface area contributed by atoms with E-state index < -0.39 is 28.7 Å². The van der Waals surface area contributed by atoms with Gasteiger partial charge in [0.05, 0.1) is 36.2 Å². The first-order valence-corrected chi connectivity index (χ1v) is 10.2. The highest BCUT2D eigenvalue weighted by Gasteiger charge is 2.37. The van der Waals surface area contributed by atoms with Crippen molar-refractivity contribution in [1.82, 2.24) is 4.57 Å². The smallest absolute Gasteiger partial charge is 0.341 e. The quantitative estimate of drug-likeness (QED) is 0.359. The largest absolute Gasteiger partial charge is 0.492 e. The number of nitrogens with two attached hydrogens (primary N) is 1. The van der Waals surface area contributed by atoms with Gasteiger partial charge in [-0.3, -0.25) is 4.79 Å². The normalized spacial score (nSPS) is 19.9. The Bertz CT molecular complexity index is 1240. The average Bonchev–Trinajstić information content (AvgIpc) is 3.53. The van der Waals surface area contributed by atoms with Crippen LogP contribution in [0.3, 0.4) is 0 Å². The van der Waals surface area contributed by atoms with Crippen molar-refractivity contribution in [3.8, 4) is 5.75 Å². The van der Waals surface area contributed by atoms with Gasteiger partial charge < -0.3 is 34.7 Å². The summed E-state index contributed by atoms with van der Waals surface area (Å²) >= 11 is 0. The van der Waals surface area contributed by atoms with Crippen LogP contribution < -0.4 is 20.8 Å². The number of anilines is 1. The lowest BCUT2D eigenvalue weighted by molar-refractivity contribution is 0.0694. The van der Waals surface area contributed by atoms with Gasteiger partial charge >= 0.3 is 5.97 Å². The van der Waals surface area contributed by atoms with E-state index in [1.807, 2.05) is 0 Å². The van der Waals surface area contributed by atoms with Gasteiger partial charge in [0, 0.05) is 18.8 Å². The number of hydrogen-bond donors (Lipinski definition) is 2. The molecule has 176 valence electrons. The first kappa shape index (κ1) is 22.4. The van der Waals surface area contributed by atoms with Gasteiger partial charge in [-0.15, -0.1) is 0 Å². The molecule has 0 spiro atoms. The highest BCUT2D eigenvalue weighted by atomic mass is 19.1. The fourth-order valence-electron chi connectivity index (χ4n) is 4.23. The number of oxime groups is 2. The third-order valence-corrected chi connectivity index (χ3v) is 5.81. The number of rotatable bonds is 7. The van der Waals surface area contributed by atoms with Crippen LogP contribution in [0.4, 0.5) is 10.1 Å². The molecule has 1 aromatic carbocycles. The van der Waals surface area contributed by atoms with E-state index in [1.54, 1.807) is 9.47 Å². The monoisotopic (exact) mass is 461 g/mol. The molecule has 1 aliphatic carbocycles. The zero-order valence-electron chi connectivity index (χ0n) is 18.4. The molecule has 1 unspecified atom stereocenters. The molecule has 1 saturated carbocycles. The van der Waals surface area contributed by atoms with Crippen LogP contribution in [0.5, 0.6) is 5.75 Å². The van der Waals surface area contributed by atoms with E-state index in [-0.39, 0.29) is 41.8 Å². The zero-order valence-corrected chi connectivity index (χ0v) is 18.4. The van der Waals surface area contributed by atoms with Crippen molar-refractivity contribution in [1.29, 1.82) is 0 Å². The van der Waals surface area contributed by atoms with Crippen LogP contribution in [-0.4, -0.2) is 61.6 Å². The molecular weight excluding hydrogens is 437 g/mol. The van der Waals surface area contributed by atoms with E-state index >= 15 is 4.39 Å². The summed E-state index contributed by atoms with van der Waals surface area (Å²) in [6, 6.07) is 1.06. The maximum atomic E-state index is 15.5. The maximum absolute atomic E-state index is 15.5. The number of carboxylic acid groups (broad SMARTS) is 1. The molecular formula is C21H24FN5O6. The molecule has 0 amide bonds. The van der Waals surface area contributed by atoms with E-state index in [9.17, 15) is 14.7 Å². The fourth-order valence-corrected chi connectivity index (χ4v) is 4.23. The second kappa shape index (κ2) is 8.60. The van der Waals surface area contributed by atoms with Crippen LogP contribution in [0, 0.1) is 11.7 Å². The van der Waals surface area contributed by atoms with Crippen LogP contribution in [0.1, 0.15) is 29.2 Å². The second-order valence-electron chi connectivity index (χ2n) is 7.85. The standard InChI is InChI=1S/C21H24FN5O6/c1-31-19-16-11(18(28)13(21(29)30)8-27(16)10-4-5-10)6-14(22)17(19)26-7-12(20(23)25-33-3)15(9-26)24-32-2/h6,8,10,12H,4-5,7,9H2,1-3H3,(H2,23,25)(H,29,30)/b24-15+. The van der Waals surface area contributed by atoms with Gasteiger partial charge in [-0.2, -0.15) is 0 Å². The number of aromatic nitrogens is 1. The summed E-state index contributed by atoms with van der Waals surface area (Å²) in [6.07, 6.45) is 2.93. The topological polar surface area (TPSA) is 141 Å². The number of pyridine rings is 1. The first-order valence-electron chi connectivity index (χ1n) is 10.2. The highest BCUT2D eigenvalue weighted by Crippen LogP contribution is 2.44. The van der Waals surface area contributed by atoms with Gasteiger partial charge in [0.1, 0.15) is 31.3 Å². The van der Waals surface area contributed by atoms with Gasteiger partial charge in [-0.25, -0.2) is 9.18 Å². The molecule has 0 radical (unpaired) electrons. The molecule has 3 N–H and O–H groups in total. The number of benzene rings is 1. The second-order valence-corrected chi connectivity index (χ2v) is 7.85. The molecule has 1 aromatic heterocycles. The Kier molecular flexibility index (Phi) is 5.83. The van der Waals surface area contributed by atoms with Crippen molar-refractivity contribution in [3.05, 3.63) is 33.9 Å². The number of aromatic carboxylic acids is 1. The summed E-state index contributed by atoms with van der Waals surface area (Å²) in [5.41, 5.74) is 5.81. The third-order valence-electron chi connectivity index (χ3n) is 5.81. The van der Waals surface area contributed by atoms with Crippen LogP contribution in [0.2, 0.25) is 0 Å². The predicted molar refractivity (Wildman–Crippen MR) is 119 cm³/mol. The molecule has 1 aliphatic heterocycles. The molecule has 12 heteroatoms. The molecule has 2 heterocycles.